The molecule has 0 radical (unpaired) electrons. The molecule has 5 aromatic rings. The Morgan fingerprint density at radius 1 is 0.806 bits per heavy atom. The van der Waals surface area contributed by atoms with Gasteiger partial charge in [-0.05, 0) is 61.4 Å². The Morgan fingerprint density at radius 2 is 1.42 bits per heavy atom. The highest BCUT2D eigenvalue weighted by Crippen LogP contribution is 2.28. The maximum absolute atomic E-state index is 12.6. The predicted molar refractivity (Wildman–Crippen MR) is 137 cm³/mol. The van der Waals surface area contributed by atoms with Crippen molar-refractivity contribution in [2.24, 2.45) is 0 Å². The molecule has 0 aliphatic heterocycles. The van der Waals surface area contributed by atoms with Gasteiger partial charge in [-0.15, -0.1) is 10.2 Å². The summed E-state index contributed by atoms with van der Waals surface area (Å²) in [5.74, 6) is 0.882. The zero-order chi connectivity index (χ0) is 25.1. The van der Waals surface area contributed by atoms with Crippen LogP contribution in [0.2, 0.25) is 0 Å². The van der Waals surface area contributed by atoms with E-state index in [1.807, 2.05) is 56.3 Å². The largest absolute Gasteiger partial charge is 0.507 e. The van der Waals surface area contributed by atoms with E-state index >= 15 is 0 Å². The van der Waals surface area contributed by atoms with Crippen molar-refractivity contribution >= 4 is 16.8 Å². The quantitative estimate of drug-likeness (QED) is 0.236. The fraction of sp³-hybridized carbons (Fsp3) is 0.138. The first kappa shape index (κ1) is 23.1. The van der Waals surface area contributed by atoms with Crippen LogP contribution in [0.15, 0.2) is 84.9 Å². The van der Waals surface area contributed by atoms with E-state index in [9.17, 15) is 9.90 Å². The number of nitrogens with zero attached hydrogens (tertiary/aromatic N) is 3. The van der Waals surface area contributed by atoms with Gasteiger partial charge in [0, 0.05) is 11.6 Å². The lowest BCUT2D eigenvalue weighted by molar-refractivity contribution is 0.103. The third kappa shape index (κ3) is 4.77. The van der Waals surface area contributed by atoms with Crippen molar-refractivity contribution < 1.29 is 19.4 Å². The van der Waals surface area contributed by atoms with Crippen LogP contribution in [-0.2, 0) is 0 Å². The van der Waals surface area contributed by atoms with E-state index in [-0.39, 0.29) is 23.7 Å². The summed E-state index contributed by atoms with van der Waals surface area (Å²) in [6.45, 7) is 4.56. The number of carbonyl (C=O) groups is 1. The second kappa shape index (κ2) is 9.92. The Kier molecular flexibility index (Phi) is 6.36. The molecule has 1 N–H and O–H groups in total. The first-order valence-electron chi connectivity index (χ1n) is 11.6. The minimum absolute atomic E-state index is 0.121. The third-order valence-electron chi connectivity index (χ3n) is 5.81. The van der Waals surface area contributed by atoms with Gasteiger partial charge in [0.25, 0.3) is 0 Å². The summed E-state index contributed by atoms with van der Waals surface area (Å²) in [5, 5.41) is 19.4. The lowest BCUT2D eigenvalue weighted by Gasteiger charge is -2.14. The van der Waals surface area contributed by atoms with Gasteiger partial charge in [0.1, 0.15) is 41.5 Å². The number of hydrogen-bond acceptors (Lipinski definition) is 6. The van der Waals surface area contributed by atoms with E-state index < -0.39 is 0 Å². The maximum Gasteiger partial charge on any atom is 0.196 e. The molecule has 0 bridgehead atoms. The minimum atomic E-state index is -0.240. The van der Waals surface area contributed by atoms with Crippen LogP contribution < -0.4 is 9.47 Å². The highest BCUT2D eigenvalue weighted by Gasteiger charge is 2.14. The van der Waals surface area contributed by atoms with Crippen molar-refractivity contribution in [1.29, 1.82) is 0 Å². The predicted octanol–water partition coefficient (Wildman–Crippen LogP) is 5.43. The molecule has 7 nitrogen and oxygen atoms in total. The summed E-state index contributed by atoms with van der Waals surface area (Å²) in [6, 6.07) is 25.3. The number of fused-ring (bicyclic) bond motifs is 1. The topological polar surface area (TPSA) is 86.5 Å². The Hall–Kier alpha value is -4.65. The van der Waals surface area contributed by atoms with Crippen LogP contribution in [0, 0.1) is 13.8 Å². The number of aromatic hydroxyl groups is 1. The van der Waals surface area contributed by atoms with Gasteiger partial charge >= 0.3 is 0 Å². The van der Waals surface area contributed by atoms with E-state index in [2.05, 4.69) is 10.2 Å². The number of phenols is 1. The molecule has 0 aliphatic carbocycles. The summed E-state index contributed by atoms with van der Waals surface area (Å²) < 4.78 is 11.7. The fourth-order valence-corrected chi connectivity index (χ4v) is 4.09. The average molecular weight is 480 g/mol. The number of ketones is 1. The highest BCUT2D eigenvalue weighted by molar-refractivity contribution is 6.10. The molecule has 1 heterocycles. The van der Waals surface area contributed by atoms with Crippen LogP contribution in [-0.4, -0.2) is 39.1 Å². The van der Waals surface area contributed by atoms with Crippen molar-refractivity contribution in [3.63, 3.8) is 0 Å². The van der Waals surface area contributed by atoms with Crippen LogP contribution in [0.3, 0.4) is 0 Å². The minimum Gasteiger partial charge on any atom is -0.507 e. The molecule has 0 spiro atoms. The van der Waals surface area contributed by atoms with Crippen molar-refractivity contribution in [1.82, 2.24) is 15.0 Å². The van der Waals surface area contributed by atoms with Crippen LogP contribution in [0.25, 0.3) is 16.7 Å². The summed E-state index contributed by atoms with van der Waals surface area (Å²) in [5.41, 5.74) is 5.23. The monoisotopic (exact) mass is 479 g/mol. The molecule has 180 valence electrons. The Balaban J connectivity index is 1.21. The van der Waals surface area contributed by atoms with Crippen LogP contribution in [0.1, 0.15) is 27.0 Å². The SMILES string of the molecule is Cc1cc(-n2nc3ccccc3n2)cc(C)c1OCCOc1ccc(C(=O)c2ccccc2)c(O)c1. The number of aryl methyl sites for hydroxylation is 2. The molecule has 0 saturated heterocycles. The summed E-state index contributed by atoms with van der Waals surface area (Å²) in [7, 11) is 0. The molecule has 5 rings (SSSR count). The molecule has 0 unspecified atom stereocenters. The fourth-order valence-electron chi connectivity index (χ4n) is 4.09. The number of hydrogen-bond donors (Lipinski definition) is 1. The maximum atomic E-state index is 12.6. The van der Waals surface area contributed by atoms with E-state index in [0.717, 1.165) is 33.6 Å². The lowest BCUT2D eigenvalue weighted by Crippen LogP contribution is -2.11. The summed E-state index contributed by atoms with van der Waals surface area (Å²) in [6.07, 6.45) is 0. The van der Waals surface area contributed by atoms with Crippen molar-refractivity contribution in [2.45, 2.75) is 13.8 Å². The van der Waals surface area contributed by atoms with E-state index in [1.165, 1.54) is 6.07 Å². The molecule has 7 heteroatoms. The van der Waals surface area contributed by atoms with Gasteiger partial charge in [0.2, 0.25) is 0 Å². The molecule has 0 saturated carbocycles. The number of carbonyl (C=O) groups excluding carboxylic acids is 1. The summed E-state index contributed by atoms with van der Waals surface area (Å²) >= 11 is 0. The molecular formula is C29H25N3O4. The molecule has 0 amide bonds. The Labute approximate surface area is 208 Å². The van der Waals surface area contributed by atoms with Gasteiger partial charge in [-0.3, -0.25) is 4.79 Å². The molecular weight excluding hydrogens is 454 g/mol. The van der Waals surface area contributed by atoms with Crippen molar-refractivity contribution in [3.05, 3.63) is 107 Å². The smallest absolute Gasteiger partial charge is 0.196 e. The first-order chi connectivity index (χ1) is 17.5. The van der Waals surface area contributed by atoms with Crippen molar-refractivity contribution in [3.8, 4) is 22.9 Å². The summed E-state index contributed by atoms with van der Waals surface area (Å²) in [4.78, 5) is 14.2. The van der Waals surface area contributed by atoms with E-state index in [4.69, 9.17) is 9.47 Å². The first-order valence-corrected chi connectivity index (χ1v) is 11.6. The van der Waals surface area contributed by atoms with Gasteiger partial charge < -0.3 is 14.6 Å². The number of aromatic nitrogens is 3. The van der Waals surface area contributed by atoms with Gasteiger partial charge in [-0.1, -0.05) is 42.5 Å². The van der Waals surface area contributed by atoms with E-state index in [1.54, 1.807) is 41.2 Å². The number of phenolic OH excluding ortho intramolecular Hbond substituents is 1. The van der Waals surface area contributed by atoms with Crippen LogP contribution >= 0.6 is 0 Å². The second-order valence-corrected chi connectivity index (χ2v) is 8.46. The van der Waals surface area contributed by atoms with Crippen LogP contribution in [0.4, 0.5) is 0 Å². The van der Waals surface area contributed by atoms with Crippen molar-refractivity contribution in [2.75, 3.05) is 13.2 Å². The van der Waals surface area contributed by atoms with Gasteiger partial charge in [-0.25, -0.2) is 0 Å². The average Bonchev–Trinajstić information content (AvgIpc) is 3.32. The molecule has 1 aromatic heterocycles. The number of ether oxygens (including phenoxy) is 2. The van der Waals surface area contributed by atoms with Gasteiger partial charge in [0.05, 0.1) is 11.3 Å². The zero-order valence-corrected chi connectivity index (χ0v) is 20.0. The standard InChI is InChI=1S/C29H25N3O4/c1-19-16-22(32-30-25-10-6-7-11-26(25)31-32)17-20(2)29(19)36-15-14-35-23-12-13-24(27(33)18-23)28(34)21-8-4-3-5-9-21/h3-13,16-18,33H,14-15H2,1-2H3. The lowest BCUT2D eigenvalue weighted by atomic mass is 10.0. The third-order valence-corrected chi connectivity index (χ3v) is 5.81. The normalized spacial score (nSPS) is 10.9. The number of rotatable bonds is 8. The highest BCUT2D eigenvalue weighted by atomic mass is 16.5. The molecule has 4 aromatic carbocycles. The van der Waals surface area contributed by atoms with Gasteiger partial charge in [-0.2, -0.15) is 4.80 Å². The molecule has 36 heavy (non-hydrogen) atoms. The number of benzene rings is 4. The Morgan fingerprint density at radius 3 is 2.06 bits per heavy atom. The van der Waals surface area contributed by atoms with Gasteiger partial charge in [0.15, 0.2) is 5.78 Å². The molecule has 0 aliphatic rings. The van der Waals surface area contributed by atoms with E-state index in [0.29, 0.717) is 17.9 Å². The molecule has 0 atom stereocenters. The Bertz CT molecular complexity index is 1490. The second-order valence-electron chi connectivity index (χ2n) is 8.46. The zero-order valence-electron chi connectivity index (χ0n) is 20.0. The van der Waals surface area contributed by atoms with Crippen LogP contribution in [0.5, 0.6) is 17.2 Å². The molecule has 0 fully saturated rings.